The normalized spacial score (nSPS) is 9.17. The Morgan fingerprint density at radius 1 is 1.42 bits per heavy atom. The number of methoxy groups -OCH3 is 1. The van der Waals surface area contributed by atoms with Crippen molar-refractivity contribution in [3.63, 3.8) is 0 Å². The predicted octanol–water partition coefficient (Wildman–Crippen LogP) is 3.30. The molecule has 1 aromatic rings. The van der Waals surface area contributed by atoms with Crippen LogP contribution in [0.25, 0.3) is 0 Å². The van der Waals surface area contributed by atoms with Gasteiger partial charge in [0.2, 0.25) is 5.88 Å². The van der Waals surface area contributed by atoms with Gasteiger partial charge in [0.05, 0.1) is 7.11 Å². The molecule has 12 heavy (non-hydrogen) atoms. The fourth-order valence-corrected chi connectivity index (χ4v) is 1.33. The minimum Gasteiger partial charge on any atom is -0.480 e. The van der Waals surface area contributed by atoms with E-state index < -0.39 is 0 Å². The topological polar surface area (TPSA) is 22.1 Å². The van der Waals surface area contributed by atoms with Crippen LogP contribution in [0.1, 0.15) is 38.5 Å². The fraction of sp³-hybridized carbons (Fsp3) is 0.667. The average Bonchev–Trinajstić information content (AvgIpc) is 2.55. The van der Waals surface area contributed by atoms with E-state index in [1.807, 2.05) is 19.9 Å². The van der Waals surface area contributed by atoms with E-state index in [-0.39, 0.29) is 0 Å². The van der Waals surface area contributed by atoms with E-state index in [4.69, 9.17) is 4.74 Å². The Kier molecular flexibility index (Phi) is 5.72. The van der Waals surface area contributed by atoms with Crippen molar-refractivity contribution < 1.29 is 4.74 Å². The second-order valence-electron chi connectivity index (χ2n) is 2.43. The Hall–Kier alpha value is -0.570. The van der Waals surface area contributed by atoms with Crippen LogP contribution in [0.15, 0.2) is 6.07 Å². The van der Waals surface area contributed by atoms with E-state index in [1.165, 1.54) is 16.4 Å². The molecule has 0 saturated heterocycles. The third-order valence-electron chi connectivity index (χ3n) is 1.28. The molecule has 0 amide bonds. The highest BCUT2D eigenvalue weighted by Crippen LogP contribution is 2.23. The molecule has 1 heterocycles. The van der Waals surface area contributed by atoms with Crippen molar-refractivity contribution in [3.05, 3.63) is 10.9 Å². The maximum absolute atomic E-state index is 4.94. The lowest BCUT2D eigenvalue weighted by Gasteiger charge is -1.94. The molecule has 0 unspecified atom stereocenters. The zero-order valence-electron chi connectivity index (χ0n) is 8.42. The van der Waals surface area contributed by atoms with Crippen LogP contribution in [0, 0.1) is 0 Å². The second-order valence-corrected chi connectivity index (χ2v) is 3.26. The van der Waals surface area contributed by atoms with Gasteiger partial charge in [-0.3, -0.25) is 0 Å². The van der Waals surface area contributed by atoms with E-state index in [9.17, 15) is 0 Å². The van der Waals surface area contributed by atoms with Crippen molar-refractivity contribution in [1.82, 2.24) is 4.37 Å². The molecule has 0 aliphatic carbocycles. The van der Waals surface area contributed by atoms with Gasteiger partial charge < -0.3 is 4.74 Å². The first-order chi connectivity index (χ1) is 5.74. The molecular weight excluding hydrogens is 170 g/mol. The van der Waals surface area contributed by atoms with Crippen molar-refractivity contribution in [1.29, 1.82) is 0 Å². The molecule has 0 saturated carbocycles. The molecule has 2 nitrogen and oxygen atoms in total. The highest BCUT2D eigenvalue weighted by Gasteiger charge is 2.03. The molecule has 3 heteroatoms. The summed E-state index contributed by atoms with van der Waals surface area (Å²) in [6, 6.07) is 1.98. The predicted molar refractivity (Wildman–Crippen MR) is 54.1 cm³/mol. The fourth-order valence-electron chi connectivity index (χ4n) is 0.640. The first-order valence-corrected chi connectivity index (χ1v) is 5.02. The third-order valence-corrected chi connectivity index (χ3v) is 2.36. The Morgan fingerprint density at radius 2 is 2.00 bits per heavy atom. The van der Waals surface area contributed by atoms with Gasteiger partial charge in [-0.05, 0) is 17.5 Å². The van der Waals surface area contributed by atoms with Crippen LogP contribution in [0.4, 0.5) is 0 Å². The maximum Gasteiger partial charge on any atom is 0.225 e. The summed E-state index contributed by atoms with van der Waals surface area (Å²) in [5, 5.41) is 0. The Labute approximate surface area is 78.7 Å². The smallest absolute Gasteiger partial charge is 0.225 e. The number of nitrogens with zero attached hydrogens (tertiary/aromatic N) is 1. The summed E-state index contributed by atoms with van der Waals surface area (Å²) < 4.78 is 9.02. The Morgan fingerprint density at radius 3 is 2.25 bits per heavy atom. The zero-order chi connectivity index (χ0) is 9.56. The number of hydrogen-bond acceptors (Lipinski definition) is 3. The summed E-state index contributed by atoms with van der Waals surface area (Å²) >= 11 is 1.51. The van der Waals surface area contributed by atoms with Gasteiger partial charge in [-0.1, -0.05) is 27.7 Å². The number of rotatable bonds is 2. The number of hydrogen-bond donors (Lipinski definition) is 0. The quantitative estimate of drug-likeness (QED) is 0.708. The third kappa shape index (κ3) is 3.22. The van der Waals surface area contributed by atoms with Crippen molar-refractivity contribution in [3.8, 4) is 5.88 Å². The first kappa shape index (κ1) is 11.4. The van der Waals surface area contributed by atoms with Crippen molar-refractivity contribution in [2.45, 2.75) is 33.6 Å². The summed E-state index contributed by atoms with van der Waals surface area (Å²) in [5.74, 6) is 1.29. The van der Waals surface area contributed by atoms with Gasteiger partial charge >= 0.3 is 0 Å². The van der Waals surface area contributed by atoms with E-state index in [0.29, 0.717) is 5.92 Å². The van der Waals surface area contributed by atoms with Crippen LogP contribution in [-0.4, -0.2) is 11.5 Å². The van der Waals surface area contributed by atoms with E-state index in [0.717, 1.165) is 5.88 Å². The minimum absolute atomic E-state index is 0.557. The van der Waals surface area contributed by atoms with Gasteiger partial charge in [-0.25, -0.2) is 0 Å². The first-order valence-electron chi connectivity index (χ1n) is 4.24. The van der Waals surface area contributed by atoms with Gasteiger partial charge in [0.1, 0.15) is 0 Å². The lowest BCUT2D eigenvalue weighted by molar-refractivity contribution is 0.402. The highest BCUT2D eigenvalue weighted by atomic mass is 32.1. The molecule has 0 atom stereocenters. The Bertz CT molecular complexity index is 208. The largest absolute Gasteiger partial charge is 0.480 e. The van der Waals surface area contributed by atoms with Gasteiger partial charge in [0.25, 0.3) is 0 Å². The van der Waals surface area contributed by atoms with Gasteiger partial charge in [0.15, 0.2) is 0 Å². The lowest BCUT2D eigenvalue weighted by Crippen LogP contribution is -1.81. The summed E-state index contributed by atoms with van der Waals surface area (Å²) in [5.41, 5.74) is 0. The molecule has 1 aromatic heterocycles. The maximum atomic E-state index is 4.94. The molecular formula is C9H17NOS. The minimum atomic E-state index is 0.557. The average molecular weight is 187 g/mol. The number of aromatic nitrogens is 1. The molecule has 1 rings (SSSR count). The standard InChI is InChI=1S/C7H11NOS.C2H6/c1-5(2)6-4-7(9-3)8-10-6;1-2/h4-5H,1-3H3;1-2H3. The SMILES string of the molecule is CC.COc1cc(C(C)C)sn1. The van der Waals surface area contributed by atoms with Crippen molar-refractivity contribution >= 4 is 11.5 Å². The van der Waals surface area contributed by atoms with Gasteiger partial charge in [-0.2, -0.15) is 4.37 Å². The summed E-state index contributed by atoms with van der Waals surface area (Å²) in [7, 11) is 1.64. The second kappa shape index (κ2) is 6.00. The van der Waals surface area contributed by atoms with Crippen molar-refractivity contribution in [2.75, 3.05) is 7.11 Å². The van der Waals surface area contributed by atoms with Crippen molar-refractivity contribution in [2.24, 2.45) is 0 Å². The zero-order valence-corrected chi connectivity index (χ0v) is 9.23. The lowest BCUT2D eigenvalue weighted by atomic mass is 10.2. The molecule has 70 valence electrons. The summed E-state index contributed by atoms with van der Waals surface area (Å²) in [6.07, 6.45) is 0. The van der Waals surface area contributed by atoms with Crippen LogP contribution in [0.3, 0.4) is 0 Å². The summed E-state index contributed by atoms with van der Waals surface area (Å²) in [4.78, 5) is 1.27. The molecule has 0 aliphatic heterocycles. The molecule has 0 N–H and O–H groups in total. The van der Waals surface area contributed by atoms with E-state index >= 15 is 0 Å². The molecule has 0 spiro atoms. The van der Waals surface area contributed by atoms with Crippen LogP contribution in [0.5, 0.6) is 5.88 Å². The number of ether oxygens (including phenoxy) is 1. The molecule has 0 aromatic carbocycles. The molecule has 0 bridgehead atoms. The van der Waals surface area contributed by atoms with Crippen LogP contribution < -0.4 is 4.74 Å². The van der Waals surface area contributed by atoms with Crippen LogP contribution in [0.2, 0.25) is 0 Å². The Balaban J connectivity index is 0.000000561. The van der Waals surface area contributed by atoms with Gasteiger partial charge in [-0.15, -0.1) is 0 Å². The molecule has 0 aliphatic rings. The van der Waals surface area contributed by atoms with Crippen LogP contribution >= 0.6 is 11.5 Å². The monoisotopic (exact) mass is 187 g/mol. The van der Waals surface area contributed by atoms with E-state index in [2.05, 4.69) is 18.2 Å². The highest BCUT2D eigenvalue weighted by molar-refractivity contribution is 7.06. The summed E-state index contributed by atoms with van der Waals surface area (Å²) in [6.45, 7) is 8.29. The van der Waals surface area contributed by atoms with Crippen LogP contribution in [-0.2, 0) is 0 Å². The molecule has 0 radical (unpaired) electrons. The van der Waals surface area contributed by atoms with E-state index in [1.54, 1.807) is 7.11 Å². The van der Waals surface area contributed by atoms with Gasteiger partial charge in [0, 0.05) is 10.9 Å². The molecule has 0 fully saturated rings.